The maximum Gasteiger partial charge on any atom is 0.334 e. The van der Waals surface area contributed by atoms with Crippen LogP contribution < -0.4 is 5.32 Å². The Bertz CT molecular complexity index is 861. The van der Waals surface area contributed by atoms with Crippen LogP contribution in [-0.4, -0.2) is 68.2 Å². The number of methoxy groups -OCH3 is 1. The van der Waals surface area contributed by atoms with Crippen LogP contribution in [0.4, 0.5) is 0 Å². The first-order chi connectivity index (χ1) is 15.8. The molecule has 1 aliphatic rings. The number of nitrogens with zero attached hydrogens (tertiary/aromatic N) is 3. The summed E-state index contributed by atoms with van der Waals surface area (Å²) in [7, 11) is 1.21. The molecule has 0 bridgehead atoms. The molecule has 33 heavy (non-hydrogen) atoms. The van der Waals surface area contributed by atoms with Gasteiger partial charge in [0.15, 0.2) is 18.5 Å². The molecular weight excluding hydrogens is 436 g/mol. The molecule has 12 nitrogen and oxygen atoms in total. The van der Waals surface area contributed by atoms with Gasteiger partial charge in [-0.15, -0.1) is 0 Å². The molecule has 1 heterocycles. The second kappa shape index (κ2) is 12.8. The molecule has 0 spiro atoms. The van der Waals surface area contributed by atoms with Gasteiger partial charge in [-0.1, -0.05) is 35.4 Å². The van der Waals surface area contributed by atoms with Crippen molar-refractivity contribution in [3.05, 3.63) is 46.3 Å². The first-order valence-electron chi connectivity index (χ1n) is 10.3. The van der Waals surface area contributed by atoms with E-state index in [4.69, 9.17) is 29.2 Å². The fourth-order valence-electron chi connectivity index (χ4n) is 3.40. The van der Waals surface area contributed by atoms with Gasteiger partial charge in [0.25, 0.3) is 0 Å². The zero-order valence-electron chi connectivity index (χ0n) is 18.9. The van der Waals surface area contributed by atoms with Gasteiger partial charge >= 0.3 is 11.9 Å². The zero-order valence-corrected chi connectivity index (χ0v) is 18.9. The first-order valence-corrected chi connectivity index (χ1v) is 10.3. The SMILES string of the molecule is COC(=O)[C@@H](C)O[C@@H]1[C@@H](NC(C)=O)[C@@H](OCc2ccccc2)O[C@H](CN=[N+]=[N-])[C@H]1OC(C)=O. The molecule has 6 atom stereocenters. The molecule has 0 saturated carbocycles. The van der Waals surface area contributed by atoms with Crippen molar-refractivity contribution in [3.63, 3.8) is 0 Å². The second-order valence-corrected chi connectivity index (χ2v) is 7.32. The van der Waals surface area contributed by atoms with Crippen LogP contribution >= 0.6 is 0 Å². The molecule has 0 radical (unpaired) electrons. The minimum Gasteiger partial charge on any atom is -0.467 e. The Kier molecular flexibility index (Phi) is 10.1. The third kappa shape index (κ3) is 7.72. The molecule has 1 amide bonds. The number of nitrogens with one attached hydrogen (secondary N) is 1. The minimum atomic E-state index is -1.12. The van der Waals surface area contributed by atoms with E-state index in [0.29, 0.717) is 0 Å². The lowest BCUT2D eigenvalue weighted by atomic mass is 9.95. The molecule has 1 N–H and O–H groups in total. The molecule has 0 aliphatic carbocycles. The molecule has 12 heteroatoms. The summed E-state index contributed by atoms with van der Waals surface area (Å²) < 4.78 is 27.9. The smallest absolute Gasteiger partial charge is 0.334 e. The van der Waals surface area contributed by atoms with E-state index in [2.05, 4.69) is 15.3 Å². The van der Waals surface area contributed by atoms with Crippen molar-refractivity contribution in [1.82, 2.24) is 5.32 Å². The number of carbonyl (C=O) groups excluding carboxylic acids is 3. The van der Waals surface area contributed by atoms with E-state index in [0.717, 1.165) is 5.56 Å². The van der Waals surface area contributed by atoms with E-state index in [1.165, 1.54) is 27.9 Å². The first kappa shape index (κ1) is 26.1. The van der Waals surface area contributed by atoms with Crippen molar-refractivity contribution >= 4 is 17.8 Å². The quantitative estimate of drug-likeness (QED) is 0.237. The van der Waals surface area contributed by atoms with Crippen molar-refractivity contribution in [3.8, 4) is 0 Å². The Morgan fingerprint density at radius 2 is 1.91 bits per heavy atom. The third-order valence-electron chi connectivity index (χ3n) is 4.79. The number of esters is 2. The Balaban J connectivity index is 2.41. The summed E-state index contributed by atoms with van der Waals surface area (Å²) in [5.41, 5.74) is 9.63. The van der Waals surface area contributed by atoms with Gasteiger partial charge in [0.05, 0.1) is 20.3 Å². The molecule has 1 aromatic rings. The van der Waals surface area contributed by atoms with Crippen LogP contribution in [0.2, 0.25) is 0 Å². The number of carbonyl (C=O) groups is 3. The summed E-state index contributed by atoms with van der Waals surface area (Å²) >= 11 is 0. The Morgan fingerprint density at radius 3 is 2.48 bits per heavy atom. The van der Waals surface area contributed by atoms with Gasteiger partial charge in [0.1, 0.15) is 18.2 Å². The minimum absolute atomic E-state index is 0.132. The molecule has 180 valence electrons. The Morgan fingerprint density at radius 1 is 1.21 bits per heavy atom. The third-order valence-corrected chi connectivity index (χ3v) is 4.79. The topological polar surface area (TPSA) is 158 Å². The van der Waals surface area contributed by atoms with E-state index in [1.54, 1.807) is 0 Å². The lowest BCUT2D eigenvalue weighted by Crippen LogP contribution is -2.66. The molecule has 0 unspecified atom stereocenters. The predicted molar refractivity (Wildman–Crippen MR) is 113 cm³/mol. The average Bonchev–Trinajstić information content (AvgIpc) is 2.79. The van der Waals surface area contributed by atoms with Crippen LogP contribution in [0.25, 0.3) is 10.4 Å². The fourth-order valence-corrected chi connectivity index (χ4v) is 3.40. The number of hydrogen-bond acceptors (Lipinski definition) is 9. The maximum absolute atomic E-state index is 12.0. The van der Waals surface area contributed by atoms with Gasteiger partial charge in [-0.3, -0.25) is 9.59 Å². The van der Waals surface area contributed by atoms with Crippen molar-refractivity contribution in [1.29, 1.82) is 0 Å². The number of hydrogen-bond donors (Lipinski definition) is 1. The van der Waals surface area contributed by atoms with Crippen molar-refractivity contribution < 1.29 is 38.1 Å². The van der Waals surface area contributed by atoms with Gasteiger partial charge < -0.3 is 29.0 Å². The summed E-state index contributed by atoms with van der Waals surface area (Å²) in [6.45, 7) is 3.87. The van der Waals surface area contributed by atoms with Crippen molar-refractivity contribution in [2.24, 2.45) is 5.11 Å². The van der Waals surface area contributed by atoms with Crippen LogP contribution in [0.1, 0.15) is 26.3 Å². The summed E-state index contributed by atoms with van der Waals surface area (Å²) in [5, 5.41) is 6.23. The molecule has 1 aliphatic heterocycles. The van der Waals surface area contributed by atoms with Crippen LogP contribution in [0.3, 0.4) is 0 Å². The van der Waals surface area contributed by atoms with Crippen molar-refractivity contribution in [2.75, 3.05) is 13.7 Å². The highest BCUT2D eigenvalue weighted by Crippen LogP contribution is 2.29. The summed E-state index contributed by atoms with van der Waals surface area (Å²) in [4.78, 5) is 38.6. The normalized spacial score (nSPS) is 25.3. The average molecular weight is 464 g/mol. The molecule has 2 rings (SSSR count). The fraction of sp³-hybridized carbons (Fsp3) is 0.571. The van der Waals surface area contributed by atoms with Crippen LogP contribution in [0, 0.1) is 0 Å². The number of benzene rings is 1. The second-order valence-electron chi connectivity index (χ2n) is 7.32. The van der Waals surface area contributed by atoms with E-state index in [-0.39, 0.29) is 13.2 Å². The van der Waals surface area contributed by atoms with E-state index in [9.17, 15) is 14.4 Å². The maximum atomic E-state index is 12.0. The van der Waals surface area contributed by atoms with Crippen molar-refractivity contribution in [2.45, 2.75) is 64.1 Å². The standard InChI is InChI=1S/C21H28N4O8/c1-12(20(28)29-4)31-19-17(24-13(2)26)21(30-11-15-8-6-5-7-9-15)33-16(10-23-25-22)18(19)32-14(3)27/h5-9,12,16-19,21H,10-11H2,1-4H3,(H,24,26)/t12-,16-,17-,18-,19-,21+/m1/s1. The van der Waals surface area contributed by atoms with Gasteiger partial charge in [-0.2, -0.15) is 0 Å². The highest BCUT2D eigenvalue weighted by Gasteiger charge is 2.50. The molecule has 1 fully saturated rings. The van der Waals surface area contributed by atoms with E-state index < -0.39 is 54.6 Å². The lowest BCUT2D eigenvalue weighted by Gasteiger charge is -2.46. The predicted octanol–water partition coefficient (Wildman–Crippen LogP) is 1.62. The molecule has 1 saturated heterocycles. The molecule has 0 aromatic heterocycles. The van der Waals surface area contributed by atoms with Crippen LogP contribution in [0.5, 0.6) is 0 Å². The zero-order chi connectivity index (χ0) is 24.4. The Hall–Kier alpha value is -3.18. The summed E-state index contributed by atoms with van der Waals surface area (Å²) in [5.74, 6) is -1.75. The number of rotatable bonds is 10. The lowest BCUT2D eigenvalue weighted by molar-refractivity contribution is -0.280. The van der Waals surface area contributed by atoms with E-state index in [1.807, 2.05) is 30.3 Å². The number of azide groups is 1. The molecule has 1 aromatic carbocycles. The number of amides is 1. The van der Waals surface area contributed by atoms with Gasteiger partial charge in [0.2, 0.25) is 5.91 Å². The van der Waals surface area contributed by atoms with Crippen LogP contribution in [0.15, 0.2) is 35.4 Å². The highest BCUT2D eigenvalue weighted by molar-refractivity contribution is 5.74. The van der Waals surface area contributed by atoms with Gasteiger partial charge in [-0.25, -0.2) is 4.79 Å². The van der Waals surface area contributed by atoms with Crippen LogP contribution in [-0.2, 0) is 44.7 Å². The monoisotopic (exact) mass is 464 g/mol. The number of ether oxygens (including phenoxy) is 5. The summed E-state index contributed by atoms with van der Waals surface area (Å²) in [6, 6.07) is 8.28. The Labute approximate surface area is 191 Å². The van der Waals surface area contributed by atoms with Gasteiger partial charge in [0, 0.05) is 18.8 Å². The van der Waals surface area contributed by atoms with E-state index >= 15 is 0 Å². The highest BCUT2D eigenvalue weighted by atomic mass is 16.7. The van der Waals surface area contributed by atoms with Gasteiger partial charge in [-0.05, 0) is 18.0 Å². The molecular formula is C21H28N4O8. The largest absolute Gasteiger partial charge is 0.467 e. The summed E-state index contributed by atoms with van der Waals surface area (Å²) in [6.07, 6.45) is -5.31.